The zero-order valence-electron chi connectivity index (χ0n) is 16.3. The normalized spacial score (nSPS) is 27.7. The van der Waals surface area contributed by atoms with Gasteiger partial charge in [-0.15, -0.1) is 0 Å². The predicted octanol–water partition coefficient (Wildman–Crippen LogP) is 2.13. The van der Waals surface area contributed by atoms with E-state index in [1.165, 1.54) is 12.8 Å². The van der Waals surface area contributed by atoms with Crippen molar-refractivity contribution in [2.45, 2.75) is 57.5 Å². The minimum absolute atomic E-state index is 0.173. The fourth-order valence-corrected chi connectivity index (χ4v) is 5.01. The lowest BCUT2D eigenvalue weighted by atomic mass is 9.89. The van der Waals surface area contributed by atoms with Gasteiger partial charge in [0.2, 0.25) is 11.8 Å². The second-order valence-electron chi connectivity index (χ2n) is 8.54. The van der Waals surface area contributed by atoms with Crippen molar-refractivity contribution in [2.24, 2.45) is 5.92 Å². The molecule has 3 heterocycles. The SMILES string of the molecule is Cc1ccccc1CC(=O)N1CCN(C(=O)CC2CC3CCC(C2)N3)CC1. The summed E-state index contributed by atoms with van der Waals surface area (Å²) in [5.41, 5.74) is 2.26. The molecule has 5 heteroatoms. The van der Waals surface area contributed by atoms with E-state index in [0.717, 1.165) is 24.0 Å². The Morgan fingerprint density at radius 1 is 0.963 bits per heavy atom. The van der Waals surface area contributed by atoms with Crippen molar-refractivity contribution >= 4 is 11.8 Å². The third-order valence-corrected chi connectivity index (χ3v) is 6.62. The number of amides is 2. The Morgan fingerprint density at radius 3 is 2.19 bits per heavy atom. The van der Waals surface area contributed by atoms with Crippen LogP contribution in [0.4, 0.5) is 0 Å². The van der Waals surface area contributed by atoms with Crippen molar-refractivity contribution in [3.8, 4) is 0 Å². The van der Waals surface area contributed by atoms with E-state index < -0.39 is 0 Å². The van der Waals surface area contributed by atoms with Crippen LogP contribution in [0.5, 0.6) is 0 Å². The first-order chi connectivity index (χ1) is 13.1. The molecule has 3 saturated heterocycles. The molecular weight excluding hydrogens is 338 g/mol. The van der Waals surface area contributed by atoms with Gasteiger partial charge < -0.3 is 15.1 Å². The first kappa shape index (κ1) is 18.5. The number of carbonyl (C=O) groups is 2. The van der Waals surface area contributed by atoms with Gasteiger partial charge in [0, 0.05) is 44.7 Å². The van der Waals surface area contributed by atoms with Gasteiger partial charge in [-0.05, 0) is 49.7 Å². The Hall–Kier alpha value is -1.88. The highest BCUT2D eigenvalue weighted by Gasteiger charge is 2.35. The molecule has 0 aliphatic carbocycles. The summed E-state index contributed by atoms with van der Waals surface area (Å²) in [5.74, 6) is 0.996. The van der Waals surface area contributed by atoms with Crippen LogP contribution in [0.1, 0.15) is 43.2 Å². The molecule has 0 spiro atoms. The lowest BCUT2D eigenvalue weighted by molar-refractivity contribution is -0.140. The molecule has 1 N–H and O–H groups in total. The average Bonchev–Trinajstić information content (AvgIpc) is 3.02. The monoisotopic (exact) mass is 369 g/mol. The molecule has 3 aliphatic heterocycles. The fraction of sp³-hybridized carbons (Fsp3) is 0.636. The van der Waals surface area contributed by atoms with Crippen molar-refractivity contribution in [1.29, 1.82) is 0 Å². The zero-order chi connectivity index (χ0) is 18.8. The molecule has 3 fully saturated rings. The number of carbonyl (C=O) groups excluding carboxylic acids is 2. The van der Waals surface area contributed by atoms with E-state index in [0.29, 0.717) is 57.0 Å². The van der Waals surface area contributed by atoms with Crippen LogP contribution < -0.4 is 5.32 Å². The minimum atomic E-state index is 0.173. The summed E-state index contributed by atoms with van der Waals surface area (Å²) in [5, 5.41) is 3.65. The summed E-state index contributed by atoms with van der Waals surface area (Å²) < 4.78 is 0. The number of fused-ring (bicyclic) bond motifs is 2. The van der Waals surface area contributed by atoms with Crippen molar-refractivity contribution < 1.29 is 9.59 Å². The summed E-state index contributed by atoms with van der Waals surface area (Å²) >= 11 is 0. The number of piperidine rings is 1. The molecule has 4 rings (SSSR count). The maximum atomic E-state index is 12.7. The summed E-state index contributed by atoms with van der Waals surface area (Å²) in [4.78, 5) is 29.2. The molecule has 0 radical (unpaired) electrons. The molecule has 2 atom stereocenters. The third-order valence-electron chi connectivity index (χ3n) is 6.62. The molecule has 0 saturated carbocycles. The largest absolute Gasteiger partial charge is 0.339 e. The highest BCUT2D eigenvalue weighted by molar-refractivity contribution is 5.80. The highest BCUT2D eigenvalue weighted by atomic mass is 16.2. The Labute approximate surface area is 162 Å². The standard InChI is InChI=1S/C22H31N3O2/c1-16-4-2-3-5-18(16)15-22(27)25-10-8-24(9-11-25)21(26)14-17-12-19-6-7-20(13-17)23-19/h2-5,17,19-20,23H,6-15H2,1H3. The highest BCUT2D eigenvalue weighted by Crippen LogP contribution is 2.33. The fourth-order valence-electron chi connectivity index (χ4n) is 5.01. The maximum absolute atomic E-state index is 12.7. The number of nitrogens with zero attached hydrogens (tertiary/aromatic N) is 2. The van der Waals surface area contributed by atoms with Gasteiger partial charge >= 0.3 is 0 Å². The van der Waals surface area contributed by atoms with Crippen molar-refractivity contribution in [2.75, 3.05) is 26.2 Å². The number of aryl methyl sites for hydroxylation is 1. The van der Waals surface area contributed by atoms with Crippen LogP contribution >= 0.6 is 0 Å². The van der Waals surface area contributed by atoms with Crippen LogP contribution in [-0.4, -0.2) is 59.9 Å². The molecule has 27 heavy (non-hydrogen) atoms. The van der Waals surface area contributed by atoms with Gasteiger partial charge in [-0.2, -0.15) is 0 Å². The second-order valence-corrected chi connectivity index (χ2v) is 8.54. The molecular formula is C22H31N3O2. The van der Waals surface area contributed by atoms with Gasteiger partial charge in [0.15, 0.2) is 0 Å². The van der Waals surface area contributed by atoms with Crippen molar-refractivity contribution in [1.82, 2.24) is 15.1 Å². The van der Waals surface area contributed by atoms with E-state index in [2.05, 4.69) is 5.32 Å². The Bertz CT molecular complexity index is 685. The zero-order valence-corrected chi connectivity index (χ0v) is 16.3. The summed E-state index contributed by atoms with van der Waals surface area (Å²) in [6.45, 7) is 4.72. The lowest BCUT2D eigenvalue weighted by Crippen LogP contribution is -2.51. The molecule has 1 aromatic rings. The van der Waals surface area contributed by atoms with E-state index in [1.807, 2.05) is 41.0 Å². The average molecular weight is 370 g/mol. The van der Waals surface area contributed by atoms with Gasteiger partial charge in [0.05, 0.1) is 6.42 Å². The van der Waals surface area contributed by atoms with Crippen LogP contribution in [0.2, 0.25) is 0 Å². The number of hydrogen-bond acceptors (Lipinski definition) is 3. The Balaban J connectivity index is 1.24. The quantitative estimate of drug-likeness (QED) is 0.885. The lowest BCUT2D eigenvalue weighted by Gasteiger charge is -2.36. The van der Waals surface area contributed by atoms with Gasteiger partial charge in [-0.25, -0.2) is 0 Å². The van der Waals surface area contributed by atoms with E-state index >= 15 is 0 Å². The van der Waals surface area contributed by atoms with Crippen LogP contribution in [0, 0.1) is 12.8 Å². The molecule has 5 nitrogen and oxygen atoms in total. The minimum Gasteiger partial charge on any atom is -0.339 e. The predicted molar refractivity (Wildman–Crippen MR) is 105 cm³/mol. The molecule has 2 amide bonds. The van der Waals surface area contributed by atoms with Crippen LogP contribution in [0.15, 0.2) is 24.3 Å². The first-order valence-corrected chi connectivity index (χ1v) is 10.4. The molecule has 0 aromatic heterocycles. The smallest absolute Gasteiger partial charge is 0.227 e. The van der Waals surface area contributed by atoms with Gasteiger partial charge in [-0.1, -0.05) is 24.3 Å². The Morgan fingerprint density at radius 2 is 1.56 bits per heavy atom. The summed E-state index contributed by atoms with van der Waals surface area (Å²) in [6, 6.07) is 9.33. The molecule has 2 bridgehead atoms. The molecule has 3 aliphatic rings. The molecule has 146 valence electrons. The third kappa shape index (κ3) is 4.34. The Kier molecular flexibility index (Phi) is 5.48. The van der Waals surface area contributed by atoms with Crippen molar-refractivity contribution in [3.05, 3.63) is 35.4 Å². The van der Waals surface area contributed by atoms with E-state index in [4.69, 9.17) is 0 Å². The number of piperazine rings is 1. The van der Waals surface area contributed by atoms with Crippen LogP contribution in [0.3, 0.4) is 0 Å². The maximum Gasteiger partial charge on any atom is 0.227 e. The van der Waals surface area contributed by atoms with Gasteiger partial charge in [-0.3, -0.25) is 9.59 Å². The number of nitrogens with one attached hydrogen (secondary N) is 1. The molecule has 2 unspecified atom stereocenters. The van der Waals surface area contributed by atoms with E-state index in [1.54, 1.807) is 0 Å². The first-order valence-electron chi connectivity index (χ1n) is 10.4. The summed E-state index contributed by atoms with van der Waals surface area (Å²) in [6.07, 6.45) is 5.99. The van der Waals surface area contributed by atoms with Crippen molar-refractivity contribution in [3.63, 3.8) is 0 Å². The van der Waals surface area contributed by atoms with Gasteiger partial charge in [0.25, 0.3) is 0 Å². The van der Waals surface area contributed by atoms with Crippen LogP contribution in [0.25, 0.3) is 0 Å². The van der Waals surface area contributed by atoms with Gasteiger partial charge in [0.1, 0.15) is 0 Å². The van der Waals surface area contributed by atoms with Crippen LogP contribution in [-0.2, 0) is 16.0 Å². The number of rotatable bonds is 4. The number of hydrogen-bond donors (Lipinski definition) is 1. The summed E-state index contributed by atoms with van der Waals surface area (Å²) in [7, 11) is 0. The number of benzene rings is 1. The van der Waals surface area contributed by atoms with E-state index in [-0.39, 0.29) is 11.8 Å². The molecule has 1 aromatic carbocycles. The topological polar surface area (TPSA) is 52.7 Å². The second kappa shape index (κ2) is 8.01. The van der Waals surface area contributed by atoms with E-state index in [9.17, 15) is 9.59 Å².